The molecule has 0 bridgehead atoms. The molecule has 0 unspecified atom stereocenters. The summed E-state index contributed by atoms with van der Waals surface area (Å²) in [6.07, 6.45) is 2.79. The average molecular weight is 550 g/mol. The second-order valence-electron chi connectivity index (χ2n) is 8.55. The third-order valence-corrected chi connectivity index (χ3v) is 10.6. The van der Waals surface area contributed by atoms with E-state index in [1.165, 1.54) is 26.9 Å². The van der Waals surface area contributed by atoms with Gasteiger partial charge in [-0.15, -0.1) is 0 Å². The number of piperidine rings is 1. The van der Waals surface area contributed by atoms with Gasteiger partial charge in [-0.05, 0) is 60.7 Å². The molecule has 0 amide bonds. The molecule has 1 fully saturated rings. The first-order chi connectivity index (χ1) is 17.2. The molecule has 4 rings (SSSR count). The fraction of sp³-hybridized carbons (Fsp3) is 0.320. The maximum atomic E-state index is 13.8. The van der Waals surface area contributed by atoms with E-state index in [4.69, 9.17) is 11.6 Å². The SMILES string of the molecule is CCc1ccc(S(=O)(=O)N2CCC(N(c3ccc(CO)cn3)S(=O)(=O)c3ccccc3Cl)CC2)cc1. The van der Waals surface area contributed by atoms with Crippen molar-refractivity contribution >= 4 is 37.5 Å². The molecule has 2 aromatic carbocycles. The second kappa shape index (κ2) is 10.9. The molecule has 1 saturated heterocycles. The molecule has 0 saturated carbocycles. The Hall–Kier alpha value is -2.50. The van der Waals surface area contributed by atoms with Crippen LogP contribution in [0.1, 0.15) is 30.9 Å². The molecule has 1 aliphatic rings. The van der Waals surface area contributed by atoms with E-state index < -0.39 is 26.1 Å². The van der Waals surface area contributed by atoms with Gasteiger partial charge in [-0.2, -0.15) is 4.31 Å². The van der Waals surface area contributed by atoms with E-state index in [2.05, 4.69) is 4.98 Å². The Morgan fingerprint density at radius 2 is 1.61 bits per heavy atom. The molecule has 1 N–H and O–H groups in total. The number of aryl methyl sites for hydroxylation is 1. The van der Waals surface area contributed by atoms with Gasteiger partial charge in [-0.3, -0.25) is 0 Å². The number of aliphatic hydroxyl groups is 1. The van der Waals surface area contributed by atoms with Crippen LogP contribution in [-0.4, -0.2) is 50.4 Å². The molecule has 8 nitrogen and oxygen atoms in total. The molecule has 0 atom stereocenters. The van der Waals surface area contributed by atoms with Crippen molar-refractivity contribution in [3.63, 3.8) is 0 Å². The quantitative estimate of drug-likeness (QED) is 0.457. The number of aromatic nitrogens is 1. The molecule has 192 valence electrons. The normalized spacial score (nSPS) is 15.6. The van der Waals surface area contributed by atoms with Gasteiger partial charge >= 0.3 is 0 Å². The summed E-state index contributed by atoms with van der Waals surface area (Å²) < 4.78 is 56.6. The van der Waals surface area contributed by atoms with E-state index in [0.29, 0.717) is 5.56 Å². The lowest BCUT2D eigenvalue weighted by atomic mass is 10.1. The van der Waals surface area contributed by atoms with Crippen LogP contribution in [0.3, 0.4) is 0 Å². The molecule has 0 aliphatic carbocycles. The number of nitrogens with zero attached hydrogens (tertiary/aromatic N) is 3. The monoisotopic (exact) mass is 549 g/mol. The second-order valence-corrected chi connectivity index (χ2v) is 12.7. The summed E-state index contributed by atoms with van der Waals surface area (Å²) in [6.45, 7) is 2.10. The third-order valence-electron chi connectivity index (χ3n) is 6.32. The van der Waals surface area contributed by atoms with Gasteiger partial charge in [-0.1, -0.05) is 48.9 Å². The van der Waals surface area contributed by atoms with Crippen LogP contribution < -0.4 is 4.31 Å². The first-order valence-corrected chi connectivity index (χ1v) is 14.9. The molecule has 36 heavy (non-hydrogen) atoms. The smallest absolute Gasteiger partial charge is 0.267 e. The van der Waals surface area contributed by atoms with Crippen LogP contribution in [-0.2, 0) is 33.1 Å². The lowest BCUT2D eigenvalue weighted by molar-refractivity contribution is 0.281. The highest BCUT2D eigenvalue weighted by atomic mass is 35.5. The summed E-state index contributed by atoms with van der Waals surface area (Å²) in [4.78, 5) is 4.46. The zero-order valence-corrected chi connectivity index (χ0v) is 22.2. The zero-order chi connectivity index (χ0) is 25.9. The molecule has 0 radical (unpaired) electrons. The van der Waals surface area contributed by atoms with Crippen LogP contribution >= 0.6 is 11.6 Å². The zero-order valence-electron chi connectivity index (χ0n) is 19.8. The van der Waals surface area contributed by atoms with Gasteiger partial charge in [0.15, 0.2) is 0 Å². The molecule has 0 spiro atoms. The topological polar surface area (TPSA) is 108 Å². The number of hydrogen-bond acceptors (Lipinski definition) is 6. The highest BCUT2D eigenvalue weighted by Gasteiger charge is 2.38. The number of benzene rings is 2. The minimum Gasteiger partial charge on any atom is -0.392 e. The first-order valence-electron chi connectivity index (χ1n) is 11.6. The van der Waals surface area contributed by atoms with E-state index >= 15 is 0 Å². The highest BCUT2D eigenvalue weighted by Crippen LogP contribution is 2.33. The average Bonchev–Trinajstić information content (AvgIpc) is 2.89. The van der Waals surface area contributed by atoms with Gasteiger partial charge in [-0.25, -0.2) is 26.1 Å². The Balaban J connectivity index is 1.63. The number of pyridine rings is 1. The molecule has 11 heteroatoms. The van der Waals surface area contributed by atoms with Gasteiger partial charge in [0.1, 0.15) is 10.7 Å². The number of hydrogen-bond donors (Lipinski definition) is 1. The molecular weight excluding hydrogens is 522 g/mol. The molecule has 1 aliphatic heterocycles. The van der Waals surface area contributed by atoms with Crippen LogP contribution in [0.25, 0.3) is 0 Å². The van der Waals surface area contributed by atoms with Gasteiger partial charge < -0.3 is 5.11 Å². The molecule has 3 aromatic rings. The minimum absolute atomic E-state index is 0.0502. The standard InChI is InChI=1S/C25H28ClN3O5S2/c1-2-19-7-10-22(11-8-19)35(31,32)28-15-13-21(14-16-28)29(25-12-9-20(18-30)17-27-25)36(33,34)24-6-4-3-5-23(24)26/h3-12,17,21,30H,2,13-16,18H2,1H3. The van der Waals surface area contributed by atoms with Gasteiger partial charge in [0.25, 0.3) is 10.0 Å². The number of sulfonamides is 2. The van der Waals surface area contributed by atoms with Crippen LogP contribution in [0.15, 0.2) is 76.7 Å². The van der Waals surface area contributed by atoms with Crippen LogP contribution in [0.5, 0.6) is 0 Å². The predicted molar refractivity (Wildman–Crippen MR) is 139 cm³/mol. The van der Waals surface area contributed by atoms with Crippen molar-refractivity contribution in [3.8, 4) is 0 Å². The van der Waals surface area contributed by atoms with E-state index in [9.17, 15) is 21.9 Å². The maximum absolute atomic E-state index is 13.8. The lowest BCUT2D eigenvalue weighted by Crippen LogP contribution is -2.49. The summed E-state index contributed by atoms with van der Waals surface area (Å²) in [5.41, 5.74) is 1.59. The first kappa shape index (κ1) is 26.6. The van der Waals surface area contributed by atoms with E-state index in [1.54, 1.807) is 48.5 Å². The summed E-state index contributed by atoms with van der Waals surface area (Å²) >= 11 is 6.25. The van der Waals surface area contributed by atoms with Crippen molar-refractivity contribution < 1.29 is 21.9 Å². The predicted octanol–water partition coefficient (Wildman–Crippen LogP) is 3.84. The van der Waals surface area contributed by atoms with Crippen molar-refractivity contribution in [3.05, 3.63) is 83.0 Å². The summed E-state index contributed by atoms with van der Waals surface area (Å²) in [5, 5.41) is 9.45. The summed E-state index contributed by atoms with van der Waals surface area (Å²) in [6, 6.07) is 15.6. The van der Waals surface area contributed by atoms with E-state index in [1.807, 2.05) is 6.92 Å². The molecule has 1 aromatic heterocycles. The van der Waals surface area contributed by atoms with Crippen LogP contribution in [0.4, 0.5) is 5.82 Å². The number of aliphatic hydroxyl groups excluding tert-OH is 1. The van der Waals surface area contributed by atoms with Crippen molar-refractivity contribution in [1.29, 1.82) is 0 Å². The number of rotatable bonds is 8. The van der Waals surface area contributed by atoms with E-state index in [-0.39, 0.29) is 53.2 Å². The summed E-state index contributed by atoms with van der Waals surface area (Å²) in [7, 11) is -7.81. The van der Waals surface area contributed by atoms with Crippen LogP contribution in [0.2, 0.25) is 5.02 Å². The van der Waals surface area contributed by atoms with Gasteiger partial charge in [0.2, 0.25) is 10.0 Å². The highest BCUT2D eigenvalue weighted by molar-refractivity contribution is 7.93. The Kier molecular flexibility index (Phi) is 8.01. The Morgan fingerprint density at radius 1 is 0.972 bits per heavy atom. The Bertz CT molecular complexity index is 1400. The molecule has 2 heterocycles. The number of anilines is 1. The Labute approximate surface area is 217 Å². The van der Waals surface area contributed by atoms with Crippen molar-refractivity contribution in [2.24, 2.45) is 0 Å². The fourth-order valence-corrected chi connectivity index (χ4v) is 7.90. The molecular formula is C25H28ClN3O5S2. The Morgan fingerprint density at radius 3 is 2.17 bits per heavy atom. The van der Waals surface area contributed by atoms with Crippen molar-refractivity contribution in [2.75, 3.05) is 17.4 Å². The third kappa shape index (κ3) is 5.28. The maximum Gasteiger partial charge on any atom is 0.267 e. The largest absolute Gasteiger partial charge is 0.392 e. The summed E-state index contributed by atoms with van der Waals surface area (Å²) in [5.74, 6) is 0.184. The van der Waals surface area contributed by atoms with Gasteiger partial charge in [0.05, 0.1) is 16.5 Å². The fourth-order valence-electron chi connectivity index (χ4n) is 4.27. The van der Waals surface area contributed by atoms with Crippen molar-refractivity contribution in [1.82, 2.24) is 9.29 Å². The minimum atomic E-state index is -4.11. The van der Waals surface area contributed by atoms with Crippen molar-refractivity contribution in [2.45, 2.75) is 48.6 Å². The lowest BCUT2D eigenvalue weighted by Gasteiger charge is -2.38. The van der Waals surface area contributed by atoms with Gasteiger partial charge in [0, 0.05) is 25.3 Å². The number of halogens is 1. The van der Waals surface area contributed by atoms with E-state index in [0.717, 1.165) is 12.0 Å². The van der Waals surface area contributed by atoms with Crippen LogP contribution in [0, 0.1) is 0 Å².